The highest BCUT2D eigenvalue weighted by Gasteiger charge is 2.22. The molecule has 0 fully saturated rings. The lowest BCUT2D eigenvalue weighted by molar-refractivity contribution is -0.385. The molecular weight excluding hydrogens is 387 g/mol. The summed E-state index contributed by atoms with van der Waals surface area (Å²) in [7, 11) is -2.50. The van der Waals surface area contributed by atoms with Gasteiger partial charge < -0.3 is 4.74 Å². The van der Waals surface area contributed by atoms with Gasteiger partial charge in [-0.25, -0.2) is 13.1 Å². The SMILES string of the molecule is COc1ccc([N+](=O)[O-])cc1S(=O)(=O)NCCCI. The van der Waals surface area contributed by atoms with Crippen LogP contribution in [0.3, 0.4) is 0 Å². The summed E-state index contributed by atoms with van der Waals surface area (Å²) < 4.78 is 32.2. The van der Waals surface area contributed by atoms with Gasteiger partial charge in [-0.1, -0.05) is 22.6 Å². The third kappa shape index (κ3) is 4.28. The Morgan fingerprint density at radius 1 is 1.47 bits per heavy atom. The molecule has 0 aliphatic heterocycles. The lowest BCUT2D eigenvalue weighted by Crippen LogP contribution is -2.25. The highest BCUT2D eigenvalue weighted by atomic mass is 127. The normalized spacial score (nSPS) is 11.3. The molecule has 7 nitrogen and oxygen atoms in total. The van der Waals surface area contributed by atoms with Crippen molar-refractivity contribution in [3.63, 3.8) is 0 Å². The minimum Gasteiger partial charge on any atom is -0.495 e. The van der Waals surface area contributed by atoms with Crippen molar-refractivity contribution in [3.05, 3.63) is 28.3 Å². The molecule has 0 amide bonds. The van der Waals surface area contributed by atoms with Crippen molar-refractivity contribution >= 4 is 38.3 Å². The maximum Gasteiger partial charge on any atom is 0.271 e. The lowest BCUT2D eigenvalue weighted by Gasteiger charge is -2.10. The maximum atomic E-state index is 12.0. The van der Waals surface area contributed by atoms with Gasteiger partial charge in [0.25, 0.3) is 5.69 Å². The Balaban J connectivity index is 3.15. The third-order valence-corrected chi connectivity index (χ3v) is 4.50. The van der Waals surface area contributed by atoms with Crippen molar-refractivity contribution in [2.45, 2.75) is 11.3 Å². The van der Waals surface area contributed by atoms with Gasteiger partial charge in [0, 0.05) is 23.1 Å². The number of nitrogens with zero attached hydrogens (tertiary/aromatic N) is 1. The second-order valence-corrected chi connectivity index (χ2v) is 6.35. The molecule has 0 saturated heterocycles. The first-order valence-corrected chi connectivity index (χ1v) is 8.31. The molecule has 0 aromatic heterocycles. The van der Waals surface area contributed by atoms with Crippen LogP contribution in [-0.4, -0.2) is 31.4 Å². The fourth-order valence-corrected chi connectivity index (χ4v) is 2.98. The number of nitro benzene ring substituents is 1. The van der Waals surface area contributed by atoms with Crippen LogP contribution in [0.2, 0.25) is 0 Å². The van der Waals surface area contributed by atoms with Crippen LogP contribution in [-0.2, 0) is 10.0 Å². The molecule has 1 aromatic carbocycles. The number of hydrogen-bond donors (Lipinski definition) is 1. The molecule has 9 heteroatoms. The van der Waals surface area contributed by atoms with E-state index in [-0.39, 0.29) is 22.9 Å². The quantitative estimate of drug-likeness (QED) is 0.247. The van der Waals surface area contributed by atoms with Crippen LogP contribution in [0, 0.1) is 10.1 Å². The standard InChI is InChI=1S/C10H13IN2O5S/c1-18-9-4-3-8(13(14)15)7-10(9)19(16,17)12-6-2-5-11/h3-4,7,12H,2,5-6H2,1H3. The summed E-state index contributed by atoms with van der Waals surface area (Å²) in [4.78, 5) is 9.81. The highest BCUT2D eigenvalue weighted by molar-refractivity contribution is 14.1. The van der Waals surface area contributed by atoms with E-state index >= 15 is 0 Å². The first kappa shape index (κ1) is 16.1. The Labute approximate surface area is 124 Å². The molecule has 1 rings (SSSR count). The van der Waals surface area contributed by atoms with Crippen LogP contribution >= 0.6 is 22.6 Å². The fraction of sp³-hybridized carbons (Fsp3) is 0.400. The van der Waals surface area contributed by atoms with Crippen molar-refractivity contribution in [1.82, 2.24) is 4.72 Å². The van der Waals surface area contributed by atoms with Crippen LogP contribution in [0.15, 0.2) is 23.1 Å². The molecule has 0 bridgehead atoms. The average Bonchev–Trinajstić information content (AvgIpc) is 2.38. The molecule has 0 heterocycles. The zero-order chi connectivity index (χ0) is 14.5. The lowest BCUT2D eigenvalue weighted by atomic mass is 10.3. The van der Waals surface area contributed by atoms with E-state index in [2.05, 4.69) is 27.3 Å². The first-order valence-electron chi connectivity index (χ1n) is 5.30. The number of methoxy groups -OCH3 is 1. The van der Waals surface area contributed by atoms with Crippen LogP contribution in [0.1, 0.15) is 6.42 Å². The van der Waals surface area contributed by atoms with Crippen molar-refractivity contribution in [1.29, 1.82) is 0 Å². The third-order valence-electron chi connectivity index (χ3n) is 2.25. The Bertz CT molecular complexity index is 561. The molecule has 0 saturated carbocycles. The monoisotopic (exact) mass is 400 g/mol. The molecule has 0 aliphatic carbocycles. The number of halogens is 1. The Hall–Kier alpha value is -0.940. The van der Waals surface area contributed by atoms with E-state index in [1.54, 1.807) is 0 Å². The van der Waals surface area contributed by atoms with E-state index in [1.165, 1.54) is 19.2 Å². The minimum absolute atomic E-state index is 0.0765. The number of rotatable bonds is 7. The molecular formula is C10H13IN2O5S. The van der Waals surface area contributed by atoms with Crippen LogP contribution < -0.4 is 9.46 Å². The van der Waals surface area contributed by atoms with Gasteiger partial charge in [-0.15, -0.1) is 0 Å². The van der Waals surface area contributed by atoms with Gasteiger partial charge in [-0.2, -0.15) is 0 Å². The molecule has 1 N–H and O–H groups in total. The van der Waals surface area contributed by atoms with E-state index in [0.29, 0.717) is 6.42 Å². The summed E-state index contributed by atoms with van der Waals surface area (Å²) >= 11 is 2.13. The number of alkyl halides is 1. The van der Waals surface area contributed by atoms with Gasteiger partial charge in [0.1, 0.15) is 10.6 Å². The van der Waals surface area contributed by atoms with E-state index in [4.69, 9.17) is 4.74 Å². The van der Waals surface area contributed by atoms with Gasteiger partial charge in [-0.05, 0) is 12.5 Å². The second-order valence-electron chi connectivity index (χ2n) is 3.53. The van der Waals surface area contributed by atoms with Crippen molar-refractivity contribution in [2.75, 3.05) is 18.1 Å². The molecule has 0 spiro atoms. The van der Waals surface area contributed by atoms with Crippen LogP contribution in [0.4, 0.5) is 5.69 Å². The summed E-state index contributed by atoms with van der Waals surface area (Å²) in [6.07, 6.45) is 0.678. The Morgan fingerprint density at radius 2 is 2.16 bits per heavy atom. The zero-order valence-corrected chi connectivity index (χ0v) is 13.1. The van der Waals surface area contributed by atoms with E-state index < -0.39 is 14.9 Å². The fourth-order valence-electron chi connectivity index (χ4n) is 1.34. The van der Waals surface area contributed by atoms with E-state index in [0.717, 1.165) is 10.5 Å². The molecule has 0 atom stereocenters. The van der Waals surface area contributed by atoms with Gasteiger partial charge in [-0.3, -0.25) is 10.1 Å². The minimum atomic E-state index is -3.81. The summed E-state index contributed by atoms with van der Waals surface area (Å²) in [6.45, 7) is 0.275. The molecule has 0 unspecified atom stereocenters. The topological polar surface area (TPSA) is 98.5 Å². The number of benzene rings is 1. The molecule has 106 valence electrons. The summed E-state index contributed by atoms with van der Waals surface area (Å²) in [5, 5.41) is 10.7. The van der Waals surface area contributed by atoms with Crippen LogP contribution in [0.25, 0.3) is 0 Å². The predicted molar refractivity (Wildman–Crippen MR) is 78.3 cm³/mol. The largest absolute Gasteiger partial charge is 0.495 e. The van der Waals surface area contributed by atoms with Crippen LogP contribution in [0.5, 0.6) is 5.75 Å². The van der Waals surface area contributed by atoms with Crippen molar-refractivity contribution in [2.24, 2.45) is 0 Å². The van der Waals surface area contributed by atoms with Crippen molar-refractivity contribution < 1.29 is 18.1 Å². The number of non-ortho nitro benzene ring substituents is 1. The number of nitro groups is 1. The smallest absolute Gasteiger partial charge is 0.271 e. The van der Waals surface area contributed by atoms with Crippen molar-refractivity contribution in [3.8, 4) is 5.75 Å². The van der Waals surface area contributed by atoms with Gasteiger partial charge in [0.15, 0.2) is 0 Å². The number of sulfonamides is 1. The maximum absolute atomic E-state index is 12.0. The summed E-state index contributed by atoms with van der Waals surface area (Å²) in [5.41, 5.74) is -0.296. The van der Waals surface area contributed by atoms with E-state index in [9.17, 15) is 18.5 Å². The highest BCUT2D eigenvalue weighted by Crippen LogP contribution is 2.27. The zero-order valence-electron chi connectivity index (χ0n) is 10.1. The molecule has 0 aliphatic rings. The molecule has 1 aromatic rings. The number of ether oxygens (including phenoxy) is 1. The summed E-state index contributed by atoms with van der Waals surface area (Å²) in [6, 6.07) is 3.46. The van der Waals surface area contributed by atoms with Gasteiger partial charge >= 0.3 is 0 Å². The number of hydrogen-bond acceptors (Lipinski definition) is 5. The Morgan fingerprint density at radius 3 is 2.68 bits per heavy atom. The second kappa shape index (κ2) is 7.01. The van der Waals surface area contributed by atoms with Gasteiger partial charge in [0.05, 0.1) is 12.0 Å². The molecule has 0 radical (unpaired) electrons. The number of nitrogens with one attached hydrogen (secondary N) is 1. The predicted octanol–water partition coefficient (Wildman–Crippen LogP) is 1.71. The Kier molecular flexibility index (Phi) is 5.94. The average molecular weight is 400 g/mol. The van der Waals surface area contributed by atoms with E-state index in [1.807, 2.05) is 0 Å². The first-order chi connectivity index (χ1) is 8.92. The van der Waals surface area contributed by atoms with Gasteiger partial charge in [0.2, 0.25) is 10.0 Å². The summed E-state index contributed by atoms with van der Waals surface area (Å²) in [5.74, 6) is 0.0765. The molecule has 19 heavy (non-hydrogen) atoms.